The number of benzene rings is 2. The van der Waals surface area contributed by atoms with E-state index in [0.717, 1.165) is 10.0 Å². The Bertz CT molecular complexity index is 539. The maximum Gasteiger partial charge on any atom is 0.127 e. The second-order valence-electron chi connectivity index (χ2n) is 4.03. The average Bonchev–Trinajstić information content (AvgIpc) is 2.34. The van der Waals surface area contributed by atoms with Crippen molar-refractivity contribution in [3.63, 3.8) is 0 Å². The first kappa shape index (κ1) is 13.5. The fraction of sp³-hybridized carbons (Fsp3) is 0.143. The Morgan fingerprint density at radius 1 is 1.17 bits per heavy atom. The van der Waals surface area contributed by atoms with Crippen LogP contribution in [0.25, 0.3) is 0 Å². The zero-order valence-corrected chi connectivity index (χ0v) is 11.9. The van der Waals surface area contributed by atoms with Crippen LogP contribution in [0.2, 0.25) is 5.02 Å². The second kappa shape index (κ2) is 5.83. The zero-order valence-electron chi connectivity index (χ0n) is 9.54. The minimum Gasteiger partial charge on any atom is -0.324 e. The van der Waals surface area contributed by atoms with Gasteiger partial charge in [-0.05, 0) is 30.2 Å². The van der Waals surface area contributed by atoms with E-state index in [4.69, 9.17) is 17.3 Å². The van der Waals surface area contributed by atoms with Crippen molar-refractivity contribution in [1.82, 2.24) is 0 Å². The summed E-state index contributed by atoms with van der Waals surface area (Å²) in [7, 11) is 0. The first-order chi connectivity index (χ1) is 8.59. The van der Waals surface area contributed by atoms with Crippen molar-refractivity contribution >= 4 is 27.5 Å². The van der Waals surface area contributed by atoms with E-state index in [1.165, 1.54) is 6.07 Å². The van der Waals surface area contributed by atoms with E-state index in [2.05, 4.69) is 15.9 Å². The van der Waals surface area contributed by atoms with Gasteiger partial charge in [-0.2, -0.15) is 0 Å². The second-order valence-corrected chi connectivity index (χ2v) is 5.29. The summed E-state index contributed by atoms with van der Waals surface area (Å²) in [6.07, 6.45) is 0.369. The molecule has 0 radical (unpaired) electrons. The fourth-order valence-electron chi connectivity index (χ4n) is 1.83. The number of hydrogen-bond donors (Lipinski definition) is 1. The maximum atomic E-state index is 13.7. The topological polar surface area (TPSA) is 26.0 Å². The van der Waals surface area contributed by atoms with Crippen LogP contribution in [0.3, 0.4) is 0 Å². The Balaban J connectivity index is 2.27. The zero-order chi connectivity index (χ0) is 13.1. The predicted molar refractivity (Wildman–Crippen MR) is 76.2 cm³/mol. The molecular weight excluding hydrogens is 317 g/mol. The van der Waals surface area contributed by atoms with Gasteiger partial charge in [0, 0.05) is 21.1 Å². The fourth-order valence-corrected chi connectivity index (χ4v) is 2.65. The molecular formula is C14H12BrClFN. The number of rotatable bonds is 3. The molecule has 2 aromatic carbocycles. The summed E-state index contributed by atoms with van der Waals surface area (Å²) in [5.41, 5.74) is 7.51. The third-order valence-electron chi connectivity index (χ3n) is 2.79. The van der Waals surface area contributed by atoms with Crippen LogP contribution in [0.4, 0.5) is 4.39 Å². The van der Waals surface area contributed by atoms with Gasteiger partial charge in [0.05, 0.1) is 0 Å². The molecule has 2 aromatic rings. The first-order valence-corrected chi connectivity index (χ1v) is 6.69. The van der Waals surface area contributed by atoms with Gasteiger partial charge in [0.25, 0.3) is 0 Å². The molecule has 0 saturated heterocycles. The Labute approximate surface area is 119 Å². The number of hydrogen-bond acceptors (Lipinski definition) is 1. The highest BCUT2D eigenvalue weighted by Gasteiger charge is 2.14. The summed E-state index contributed by atoms with van der Waals surface area (Å²) in [6.45, 7) is 0. The molecule has 0 saturated carbocycles. The molecule has 0 fully saturated rings. The van der Waals surface area contributed by atoms with Crippen molar-refractivity contribution in [3.05, 3.63) is 68.9 Å². The van der Waals surface area contributed by atoms with Gasteiger partial charge in [-0.1, -0.05) is 51.8 Å². The van der Waals surface area contributed by atoms with Crippen LogP contribution < -0.4 is 5.73 Å². The van der Waals surface area contributed by atoms with Crippen molar-refractivity contribution < 1.29 is 4.39 Å². The molecule has 0 amide bonds. The molecule has 0 unspecified atom stereocenters. The molecule has 2 rings (SSSR count). The smallest absolute Gasteiger partial charge is 0.127 e. The van der Waals surface area contributed by atoms with Gasteiger partial charge >= 0.3 is 0 Å². The quantitative estimate of drug-likeness (QED) is 0.883. The van der Waals surface area contributed by atoms with Crippen LogP contribution in [0.15, 0.2) is 46.9 Å². The van der Waals surface area contributed by atoms with Gasteiger partial charge in [0.1, 0.15) is 5.82 Å². The van der Waals surface area contributed by atoms with Gasteiger partial charge in [-0.25, -0.2) is 4.39 Å². The van der Waals surface area contributed by atoms with E-state index in [-0.39, 0.29) is 11.9 Å². The average molecular weight is 329 g/mol. The summed E-state index contributed by atoms with van der Waals surface area (Å²) < 4.78 is 14.6. The normalized spacial score (nSPS) is 12.4. The molecule has 0 bridgehead atoms. The molecule has 0 spiro atoms. The van der Waals surface area contributed by atoms with Crippen LogP contribution in [0.1, 0.15) is 17.2 Å². The van der Waals surface area contributed by atoms with Crippen LogP contribution in [0, 0.1) is 5.82 Å². The van der Waals surface area contributed by atoms with Gasteiger partial charge < -0.3 is 5.73 Å². The summed E-state index contributed by atoms with van der Waals surface area (Å²) in [6, 6.07) is 12.0. The van der Waals surface area contributed by atoms with Gasteiger partial charge in [-0.15, -0.1) is 0 Å². The summed E-state index contributed by atoms with van der Waals surface area (Å²) in [5, 5.41) is 0.414. The Kier molecular flexibility index (Phi) is 4.38. The lowest BCUT2D eigenvalue weighted by Gasteiger charge is -2.15. The van der Waals surface area contributed by atoms with Crippen LogP contribution >= 0.6 is 27.5 Å². The van der Waals surface area contributed by atoms with E-state index in [9.17, 15) is 4.39 Å². The van der Waals surface area contributed by atoms with E-state index in [1.807, 2.05) is 24.3 Å². The molecule has 94 valence electrons. The minimum atomic E-state index is -0.315. The highest BCUT2D eigenvalue weighted by atomic mass is 79.9. The molecule has 2 N–H and O–H groups in total. The summed E-state index contributed by atoms with van der Waals surface area (Å²) in [4.78, 5) is 0. The molecule has 1 nitrogen and oxygen atoms in total. The monoisotopic (exact) mass is 327 g/mol. The lowest BCUT2D eigenvalue weighted by molar-refractivity contribution is 0.593. The van der Waals surface area contributed by atoms with Gasteiger partial charge in [0.2, 0.25) is 0 Å². The number of halogens is 3. The highest BCUT2D eigenvalue weighted by molar-refractivity contribution is 9.10. The van der Waals surface area contributed by atoms with Gasteiger partial charge in [0.15, 0.2) is 0 Å². The van der Waals surface area contributed by atoms with Crippen molar-refractivity contribution in [2.24, 2.45) is 5.73 Å². The molecule has 4 heteroatoms. The van der Waals surface area contributed by atoms with Crippen molar-refractivity contribution in [2.45, 2.75) is 12.5 Å². The van der Waals surface area contributed by atoms with Crippen molar-refractivity contribution in [2.75, 3.05) is 0 Å². The molecule has 0 aliphatic carbocycles. The molecule has 0 aliphatic heterocycles. The van der Waals surface area contributed by atoms with Crippen molar-refractivity contribution in [1.29, 1.82) is 0 Å². The molecule has 0 heterocycles. The minimum absolute atomic E-state index is 0.296. The van der Waals surface area contributed by atoms with E-state index >= 15 is 0 Å². The molecule has 18 heavy (non-hydrogen) atoms. The number of nitrogens with two attached hydrogens (primary N) is 1. The molecule has 0 aromatic heterocycles. The lowest BCUT2D eigenvalue weighted by atomic mass is 9.99. The van der Waals surface area contributed by atoms with E-state index in [1.54, 1.807) is 12.1 Å². The van der Waals surface area contributed by atoms with E-state index < -0.39 is 0 Å². The van der Waals surface area contributed by atoms with Gasteiger partial charge in [-0.3, -0.25) is 0 Å². The van der Waals surface area contributed by atoms with Crippen LogP contribution in [-0.2, 0) is 6.42 Å². The van der Waals surface area contributed by atoms with E-state index in [0.29, 0.717) is 17.0 Å². The Morgan fingerprint density at radius 2 is 1.89 bits per heavy atom. The largest absolute Gasteiger partial charge is 0.324 e. The Morgan fingerprint density at radius 3 is 2.56 bits per heavy atom. The standard InChI is InChI=1S/C14H12BrClFN/c15-11-5-2-1-4-9(11)14(18)8-10-12(16)6-3-7-13(10)17/h1-7,14H,8,18H2/t14-/m0/s1. The molecule has 1 atom stereocenters. The first-order valence-electron chi connectivity index (χ1n) is 5.52. The Hall–Kier alpha value is -0.900. The predicted octanol–water partition coefficient (Wildman–Crippen LogP) is 4.48. The highest BCUT2D eigenvalue weighted by Crippen LogP contribution is 2.28. The van der Waals surface area contributed by atoms with Crippen LogP contribution in [-0.4, -0.2) is 0 Å². The molecule has 0 aliphatic rings. The third-order valence-corrected chi connectivity index (χ3v) is 3.87. The van der Waals surface area contributed by atoms with Crippen LogP contribution in [0.5, 0.6) is 0 Å². The summed E-state index contributed by atoms with van der Waals surface area (Å²) >= 11 is 9.43. The van der Waals surface area contributed by atoms with Crippen molar-refractivity contribution in [3.8, 4) is 0 Å². The third kappa shape index (κ3) is 2.91. The lowest BCUT2D eigenvalue weighted by Crippen LogP contribution is -2.15. The SMILES string of the molecule is N[C@@H](Cc1c(F)cccc1Cl)c1ccccc1Br. The summed E-state index contributed by atoms with van der Waals surface area (Å²) in [5.74, 6) is -0.315. The maximum absolute atomic E-state index is 13.7.